The van der Waals surface area contributed by atoms with Gasteiger partial charge in [-0.2, -0.15) is 4.72 Å². The molecule has 1 unspecified atom stereocenters. The molecule has 33 heavy (non-hydrogen) atoms. The van der Waals surface area contributed by atoms with E-state index in [9.17, 15) is 13.2 Å². The van der Waals surface area contributed by atoms with Crippen LogP contribution in [0.1, 0.15) is 12.5 Å². The number of ether oxygens (including phenoxy) is 5. The van der Waals surface area contributed by atoms with Gasteiger partial charge >= 0.3 is 0 Å². The highest BCUT2D eigenvalue weighted by molar-refractivity contribution is 7.89. The quantitative estimate of drug-likeness (QED) is 0.655. The van der Waals surface area contributed by atoms with Crippen LogP contribution in [0.4, 0.5) is 0 Å². The summed E-state index contributed by atoms with van der Waals surface area (Å²) in [4.78, 5) is 14.7. The summed E-state index contributed by atoms with van der Waals surface area (Å²) in [6, 6.07) is 5.52. The molecule has 10 nitrogen and oxygen atoms in total. The first kappa shape index (κ1) is 27.6. The summed E-state index contributed by atoms with van der Waals surface area (Å²) in [6.45, 7) is 8.13. The van der Waals surface area contributed by atoms with Crippen LogP contribution in [-0.2, 0) is 38.5 Å². The molecule has 1 fully saturated rings. The van der Waals surface area contributed by atoms with E-state index in [4.69, 9.17) is 23.7 Å². The number of rotatable bonds is 4. The smallest absolute Gasteiger partial charge is 0.241 e. The number of amides is 1. The monoisotopic (exact) mass is 488 g/mol. The second kappa shape index (κ2) is 15.3. The second-order valence-corrected chi connectivity index (χ2v) is 9.26. The van der Waals surface area contributed by atoms with Gasteiger partial charge in [-0.05, 0) is 26.0 Å². The molecule has 0 aliphatic carbocycles. The molecule has 1 aliphatic heterocycles. The fraction of sp³-hybridized carbons (Fsp3) is 0.682. The van der Waals surface area contributed by atoms with Crippen molar-refractivity contribution in [3.05, 3.63) is 29.8 Å². The van der Waals surface area contributed by atoms with Crippen molar-refractivity contribution in [2.24, 2.45) is 0 Å². The molecule has 0 bridgehead atoms. The molecule has 1 saturated heterocycles. The van der Waals surface area contributed by atoms with E-state index in [1.807, 2.05) is 6.92 Å². The van der Waals surface area contributed by atoms with Crippen molar-refractivity contribution in [3.63, 3.8) is 0 Å². The zero-order valence-corrected chi connectivity index (χ0v) is 20.3. The van der Waals surface area contributed by atoms with Crippen LogP contribution in [-0.4, -0.2) is 104 Å². The van der Waals surface area contributed by atoms with Gasteiger partial charge < -0.3 is 28.6 Å². The average molecular weight is 489 g/mol. The number of carbonyl (C=O) groups excluding carboxylic acids is 1. The van der Waals surface area contributed by atoms with Crippen LogP contribution < -0.4 is 4.72 Å². The summed E-state index contributed by atoms with van der Waals surface area (Å²) in [7, 11) is -3.83. The number of benzene rings is 1. The van der Waals surface area contributed by atoms with Crippen LogP contribution in [0.5, 0.6) is 0 Å². The van der Waals surface area contributed by atoms with Crippen molar-refractivity contribution < 1.29 is 36.9 Å². The predicted octanol–water partition coefficient (Wildman–Crippen LogP) is 0.587. The normalized spacial score (nSPS) is 19.9. The highest BCUT2D eigenvalue weighted by atomic mass is 32.2. The Morgan fingerprint density at radius 3 is 1.61 bits per heavy atom. The van der Waals surface area contributed by atoms with Crippen molar-refractivity contribution in [1.29, 1.82) is 0 Å². The topological polar surface area (TPSA) is 113 Å². The number of sulfonamides is 1. The lowest BCUT2D eigenvalue weighted by molar-refractivity contribution is -0.134. The molecule has 1 aromatic rings. The first-order valence-corrected chi connectivity index (χ1v) is 12.6. The summed E-state index contributed by atoms with van der Waals surface area (Å²) in [5.74, 6) is -0.350. The number of nitrogens with zero attached hydrogens (tertiary/aromatic N) is 1. The Hall–Kier alpha value is -1.60. The molecule has 1 aliphatic rings. The third-order valence-electron chi connectivity index (χ3n) is 4.84. The maximum absolute atomic E-state index is 13.0. The van der Waals surface area contributed by atoms with Gasteiger partial charge in [0, 0.05) is 13.1 Å². The number of aryl methyl sites for hydroxylation is 1. The van der Waals surface area contributed by atoms with Crippen LogP contribution in [0, 0.1) is 6.92 Å². The third-order valence-corrected chi connectivity index (χ3v) is 6.40. The summed E-state index contributed by atoms with van der Waals surface area (Å²) in [5.41, 5.74) is 0.950. The van der Waals surface area contributed by atoms with Crippen molar-refractivity contribution in [2.45, 2.75) is 24.8 Å². The summed E-state index contributed by atoms with van der Waals surface area (Å²) >= 11 is 0. The first-order chi connectivity index (χ1) is 15.9. The molecule has 0 saturated carbocycles. The van der Waals surface area contributed by atoms with E-state index in [0.717, 1.165) is 5.56 Å². The lowest BCUT2D eigenvalue weighted by atomic mass is 10.2. The Bertz CT molecular complexity index is 770. The molecule has 0 radical (unpaired) electrons. The van der Waals surface area contributed by atoms with Crippen LogP contribution in [0.2, 0.25) is 0 Å². The maximum atomic E-state index is 13.0. The predicted molar refractivity (Wildman–Crippen MR) is 122 cm³/mol. The molecule has 11 heteroatoms. The minimum Gasteiger partial charge on any atom is -0.377 e. The Balaban J connectivity index is 1.92. The van der Waals surface area contributed by atoms with Crippen molar-refractivity contribution in [3.8, 4) is 0 Å². The van der Waals surface area contributed by atoms with Crippen LogP contribution >= 0.6 is 0 Å². The molecule has 1 atom stereocenters. The summed E-state index contributed by atoms with van der Waals surface area (Å²) < 4.78 is 55.2. The lowest BCUT2D eigenvalue weighted by Gasteiger charge is -2.26. The molecular weight excluding hydrogens is 452 g/mol. The maximum Gasteiger partial charge on any atom is 0.241 e. The molecule has 0 spiro atoms. The number of carbonyl (C=O) groups is 1. The minimum absolute atomic E-state index is 0.115. The summed E-state index contributed by atoms with van der Waals surface area (Å²) in [5, 5.41) is 0. The van der Waals surface area contributed by atoms with Crippen molar-refractivity contribution in [2.75, 3.05) is 79.2 Å². The molecule has 1 aromatic carbocycles. The highest BCUT2D eigenvalue weighted by Crippen LogP contribution is 2.11. The average Bonchev–Trinajstić information content (AvgIpc) is 2.78. The SMILES string of the molecule is Cc1ccc(S(=O)(=O)NC(C)C(=O)N2CCOCCOCCOCCOCCOCC2)cc1. The Labute approximate surface area is 196 Å². The Morgan fingerprint density at radius 1 is 0.788 bits per heavy atom. The third kappa shape index (κ3) is 10.9. The molecule has 0 aromatic heterocycles. The summed E-state index contributed by atoms with van der Waals surface area (Å²) in [6.07, 6.45) is 0. The van der Waals surface area contributed by atoms with E-state index >= 15 is 0 Å². The minimum atomic E-state index is -3.83. The van der Waals surface area contributed by atoms with Gasteiger partial charge in [0.05, 0.1) is 77.0 Å². The van der Waals surface area contributed by atoms with E-state index in [-0.39, 0.29) is 10.8 Å². The number of nitrogens with one attached hydrogen (secondary N) is 1. The first-order valence-electron chi connectivity index (χ1n) is 11.2. The highest BCUT2D eigenvalue weighted by Gasteiger charge is 2.25. The van der Waals surface area contributed by atoms with Crippen molar-refractivity contribution >= 4 is 15.9 Å². The molecular formula is C22H36N2O8S. The van der Waals surface area contributed by atoms with Gasteiger partial charge in [0.15, 0.2) is 0 Å². The lowest BCUT2D eigenvalue weighted by Crippen LogP contribution is -2.48. The zero-order chi connectivity index (χ0) is 23.9. The van der Waals surface area contributed by atoms with Crippen LogP contribution in [0.25, 0.3) is 0 Å². The van der Waals surface area contributed by atoms with Gasteiger partial charge in [0.25, 0.3) is 0 Å². The zero-order valence-electron chi connectivity index (χ0n) is 19.5. The van der Waals surface area contributed by atoms with Gasteiger partial charge in [0.1, 0.15) is 0 Å². The molecule has 1 heterocycles. The molecule has 1 amide bonds. The van der Waals surface area contributed by atoms with Crippen LogP contribution in [0.3, 0.4) is 0 Å². The van der Waals surface area contributed by atoms with E-state index in [2.05, 4.69) is 4.72 Å². The van der Waals surface area contributed by atoms with E-state index < -0.39 is 16.1 Å². The fourth-order valence-electron chi connectivity index (χ4n) is 3.01. The molecule has 188 valence electrons. The van der Waals surface area contributed by atoms with Gasteiger partial charge in [-0.3, -0.25) is 4.79 Å². The van der Waals surface area contributed by atoms with Crippen molar-refractivity contribution in [1.82, 2.24) is 9.62 Å². The van der Waals surface area contributed by atoms with Gasteiger partial charge in [0.2, 0.25) is 15.9 Å². The van der Waals surface area contributed by atoms with E-state index in [1.165, 1.54) is 19.1 Å². The van der Waals surface area contributed by atoms with Crippen LogP contribution in [0.15, 0.2) is 29.2 Å². The fourth-order valence-corrected chi connectivity index (χ4v) is 4.20. The van der Waals surface area contributed by atoms with Gasteiger partial charge in [-0.15, -0.1) is 0 Å². The second-order valence-electron chi connectivity index (χ2n) is 7.54. The number of hydrogen-bond acceptors (Lipinski definition) is 8. The Morgan fingerprint density at radius 2 is 1.18 bits per heavy atom. The Kier molecular flexibility index (Phi) is 12.8. The molecule has 1 N–H and O–H groups in total. The standard InChI is InChI=1S/C22H36N2O8S/c1-19-3-5-21(6-4-19)33(26,27)23-20(2)22(25)24-7-9-28-11-13-30-15-17-32-18-16-31-14-12-29-10-8-24/h3-6,20,23H,7-18H2,1-2H3. The number of hydrogen-bond donors (Lipinski definition) is 1. The largest absolute Gasteiger partial charge is 0.377 e. The van der Waals surface area contributed by atoms with E-state index in [1.54, 1.807) is 17.0 Å². The van der Waals surface area contributed by atoms with Gasteiger partial charge in [-0.1, -0.05) is 17.7 Å². The van der Waals surface area contributed by atoms with Gasteiger partial charge in [-0.25, -0.2) is 8.42 Å². The molecule has 2 rings (SSSR count). The van der Waals surface area contributed by atoms with E-state index in [0.29, 0.717) is 79.2 Å².